The van der Waals surface area contributed by atoms with Crippen LogP contribution in [0.25, 0.3) is 0 Å². The normalized spacial score (nSPS) is 10.3. The SMILES string of the molecule is CCCC[CH2][Sn]([CH2]CCC)[c]1ccccc1.I. The first-order valence-corrected chi connectivity index (χ1v) is 12.2. The van der Waals surface area contributed by atoms with Gasteiger partial charge in [0.15, 0.2) is 0 Å². The Hall–Kier alpha value is 0.749. The van der Waals surface area contributed by atoms with Crippen LogP contribution in [0.5, 0.6) is 0 Å². The summed E-state index contributed by atoms with van der Waals surface area (Å²) >= 11 is -1.24. The van der Waals surface area contributed by atoms with Gasteiger partial charge in [-0.05, 0) is 0 Å². The van der Waals surface area contributed by atoms with E-state index in [1.165, 1.54) is 32.1 Å². The maximum Gasteiger partial charge on any atom is -0.107 e. The molecule has 0 heterocycles. The van der Waals surface area contributed by atoms with Gasteiger partial charge in [0.2, 0.25) is 0 Å². The second-order valence-corrected chi connectivity index (χ2v) is 12.5. The molecule has 0 fully saturated rings. The molecule has 0 aliphatic carbocycles. The molecule has 1 rings (SSSR count). The smallest absolute Gasteiger partial charge is 0.107 e. The first-order valence-electron chi connectivity index (χ1n) is 6.78. The van der Waals surface area contributed by atoms with E-state index in [-0.39, 0.29) is 24.0 Å². The number of rotatable bonds is 8. The Kier molecular flexibility index (Phi) is 12.3. The first-order chi connectivity index (χ1) is 7.88. The molecule has 0 aromatic heterocycles. The number of hydrogen-bond donors (Lipinski definition) is 0. The molecule has 0 aliphatic rings. The zero-order chi connectivity index (χ0) is 11.6. The predicted octanol–water partition coefficient (Wildman–Crippen LogP) is 5.00. The minimum absolute atomic E-state index is 0. The third-order valence-electron chi connectivity index (χ3n) is 3.10. The molecule has 0 spiro atoms. The molecule has 0 unspecified atom stereocenters. The van der Waals surface area contributed by atoms with Gasteiger partial charge in [0.25, 0.3) is 0 Å². The summed E-state index contributed by atoms with van der Waals surface area (Å²) in [4.78, 5) is 0. The van der Waals surface area contributed by atoms with E-state index < -0.39 is 19.8 Å². The summed E-state index contributed by atoms with van der Waals surface area (Å²) in [5.41, 5.74) is 0. The second kappa shape index (κ2) is 11.8. The number of hydrogen-bond acceptors (Lipinski definition) is 0. The van der Waals surface area contributed by atoms with E-state index in [4.69, 9.17) is 0 Å². The minimum Gasteiger partial charge on any atom is -0.107 e. The number of halogens is 1. The number of benzene rings is 1. The van der Waals surface area contributed by atoms with Crippen molar-refractivity contribution in [1.29, 1.82) is 0 Å². The van der Waals surface area contributed by atoms with Crippen LogP contribution in [0.3, 0.4) is 0 Å². The van der Waals surface area contributed by atoms with E-state index in [0.29, 0.717) is 0 Å². The van der Waals surface area contributed by atoms with Crippen molar-refractivity contribution in [2.75, 3.05) is 0 Å². The minimum atomic E-state index is -1.24. The molecule has 97 valence electrons. The molecule has 0 N–H and O–H groups in total. The Bertz CT molecular complexity index is 261. The van der Waals surface area contributed by atoms with Gasteiger partial charge in [-0.2, -0.15) is 0 Å². The van der Waals surface area contributed by atoms with Crippen LogP contribution >= 0.6 is 24.0 Å². The quantitative estimate of drug-likeness (QED) is 0.296. The van der Waals surface area contributed by atoms with Crippen molar-refractivity contribution < 1.29 is 0 Å². The summed E-state index contributed by atoms with van der Waals surface area (Å²) in [5, 5.41) is 0. The van der Waals surface area contributed by atoms with Gasteiger partial charge in [-0.3, -0.25) is 0 Å². The molecule has 0 bridgehead atoms. The van der Waals surface area contributed by atoms with E-state index in [1.807, 2.05) is 0 Å². The van der Waals surface area contributed by atoms with Crippen LogP contribution in [0.2, 0.25) is 8.87 Å². The van der Waals surface area contributed by atoms with Gasteiger partial charge < -0.3 is 0 Å². The van der Waals surface area contributed by atoms with Crippen molar-refractivity contribution in [3.05, 3.63) is 30.3 Å². The predicted molar refractivity (Wildman–Crippen MR) is 91.3 cm³/mol. The molecule has 2 heteroatoms. The molecular weight excluding hydrogens is 426 g/mol. The van der Waals surface area contributed by atoms with Crippen LogP contribution in [-0.4, -0.2) is 19.8 Å². The molecule has 0 nitrogen and oxygen atoms in total. The molecule has 0 atom stereocenters. The third-order valence-corrected chi connectivity index (χ3v) is 11.8. The van der Waals surface area contributed by atoms with Gasteiger partial charge in [-0.1, -0.05) is 0 Å². The van der Waals surface area contributed by atoms with Crippen molar-refractivity contribution in [3.63, 3.8) is 0 Å². The van der Waals surface area contributed by atoms with Gasteiger partial charge in [-0.15, -0.1) is 24.0 Å². The van der Waals surface area contributed by atoms with Crippen LogP contribution < -0.4 is 3.58 Å². The largest absolute Gasteiger partial charge is 0.107 e. The summed E-state index contributed by atoms with van der Waals surface area (Å²) < 4.78 is 4.88. The molecule has 0 saturated carbocycles. The summed E-state index contributed by atoms with van der Waals surface area (Å²) in [7, 11) is 0. The molecule has 0 amide bonds. The molecule has 1 aromatic rings. The van der Waals surface area contributed by atoms with E-state index in [2.05, 4.69) is 44.2 Å². The van der Waals surface area contributed by atoms with Crippen LogP contribution in [0.4, 0.5) is 0 Å². The van der Waals surface area contributed by atoms with Crippen LogP contribution in [0, 0.1) is 0 Å². The summed E-state index contributed by atoms with van der Waals surface area (Å²) in [5.74, 6) is 0. The molecule has 0 aliphatic heterocycles. The summed E-state index contributed by atoms with van der Waals surface area (Å²) in [6.07, 6.45) is 7.09. The fourth-order valence-electron chi connectivity index (χ4n) is 2.07. The standard InChI is InChI=1S/C6H5.C5H11.C4H9.HI.Sn/c1-2-4-6-5-3-1;1-3-5-4-2;1-3-4-2;;/h1-5H;1,3-5H2,2H3;1,3-4H2,2H3;1H;. The Morgan fingerprint density at radius 2 is 1.41 bits per heavy atom. The average Bonchev–Trinajstić information content (AvgIpc) is 2.35. The monoisotopic (exact) mass is 453 g/mol. The summed E-state index contributed by atoms with van der Waals surface area (Å²) in [6.45, 7) is 4.62. The maximum atomic E-state index is 2.39. The third kappa shape index (κ3) is 7.70. The van der Waals surface area contributed by atoms with Gasteiger partial charge in [0.1, 0.15) is 0 Å². The van der Waals surface area contributed by atoms with E-state index in [0.717, 1.165) is 0 Å². The average molecular weight is 452 g/mol. The Morgan fingerprint density at radius 1 is 0.824 bits per heavy atom. The van der Waals surface area contributed by atoms with Crippen LogP contribution in [-0.2, 0) is 0 Å². The fraction of sp³-hybridized carbons (Fsp3) is 0.600. The topological polar surface area (TPSA) is 0 Å². The Morgan fingerprint density at radius 3 is 2.00 bits per heavy atom. The molecule has 1 aromatic carbocycles. The zero-order valence-electron chi connectivity index (χ0n) is 11.2. The van der Waals surface area contributed by atoms with Crippen molar-refractivity contribution in [1.82, 2.24) is 0 Å². The van der Waals surface area contributed by atoms with Crippen LogP contribution in [0.1, 0.15) is 46.0 Å². The molecule has 1 radical (unpaired) electrons. The number of unbranched alkanes of at least 4 members (excludes halogenated alkanes) is 3. The molecule has 0 saturated heterocycles. The molecule has 17 heavy (non-hydrogen) atoms. The molecular formula is C15H26ISn. The van der Waals surface area contributed by atoms with Gasteiger partial charge in [0.05, 0.1) is 0 Å². The van der Waals surface area contributed by atoms with E-state index in [9.17, 15) is 0 Å². The van der Waals surface area contributed by atoms with Gasteiger partial charge >= 0.3 is 108 Å². The maximum absolute atomic E-state index is 2.39. The van der Waals surface area contributed by atoms with Crippen molar-refractivity contribution in [3.8, 4) is 0 Å². The van der Waals surface area contributed by atoms with E-state index >= 15 is 0 Å². The zero-order valence-corrected chi connectivity index (χ0v) is 16.4. The fourth-order valence-corrected chi connectivity index (χ4v) is 10.5. The Balaban J connectivity index is 0.00000256. The van der Waals surface area contributed by atoms with Gasteiger partial charge in [-0.25, -0.2) is 0 Å². The summed E-state index contributed by atoms with van der Waals surface area (Å²) in [6, 6.07) is 11.4. The van der Waals surface area contributed by atoms with Crippen molar-refractivity contribution in [2.24, 2.45) is 0 Å². The Labute approximate surface area is 131 Å². The van der Waals surface area contributed by atoms with Crippen molar-refractivity contribution in [2.45, 2.75) is 54.8 Å². The first kappa shape index (κ1) is 17.7. The van der Waals surface area contributed by atoms with Gasteiger partial charge in [0, 0.05) is 0 Å². The second-order valence-electron chi connectivity index (χ2n) is 4.53. The van der Waals surface area contributed by atoms with Crippen LogP contribution in [0.15, 0.2) is 30.3 Å². The van der Waals surface area contributed by atoms with E-state index in [1.54, 1.807) is 12.5 Å². The van der Waals surface area contributed by atoms with Crippen molar-refractivity contribution >= 4 is 47.3 Å².